The number of nitrogens with two attached hydrogens (primary N) is 1. The van der Waals surface area contributed by atoms with Crippen molar-refractivity contribution in [2.24, 2.45) is 0 Å². The van der Waals surface area contributed by atoms with Gasteiger partial charge in [-0.25, -0.2) is 0 Å². The number of hydrogen-bond donors (Lipinski definition) is 2. The van der Waals surface area contributed by atoms with E-state index < -0.39 is 0 Å². The van der Waals surface area contributed by atoms with Crippen LogP contribution in [-0.4, -0.2) is 10.1 Å². The number of aliphatic hydroxyl groups excluding tert-OH is 1. The Hall–Kier alpha value is -1.87. The summed E-state index contributed by atoms with van der Waals surface area (Å²) in [5.74, 6) is 0. The van der Waals surface area contributed by atoms with Crippen molar-refractivity contribution in [1.29, 1.82) is 0 Å². The predicted molar refractivity (Wildman–Crippen MR) is 60.0 cm³/mol. The maximum atomic E-state index is 8.90. The SMILES string of the molecule is Nc1ccc(-c2ccc(CO)cc2)nc1. The van der Waals surface area contributed by atoms with Gasteiger partial charge in [0.25, 0.3) is 0 Å². The molecule has 1 heterocycles. The number of nitrogen functional groups attached to an aromatic ring is 1. The van der Waals surface area contributed by atoms with E-state index in [1.807, 2.05) is 36.4 Å². The van der Waals surface area contributed by atoms with Crippen molar-refractivity contribution in [1.82, 2.24) is 4.98 Å². The van der Waals surface area contributed by atoms with Crippen LogP contribution in [0.5, 0.6) is 0 Å². The van der Waals surface area contributed by atoms with E-state index in [0.29, 0.717) is 5.69 Å². The second-order valence-electron chi connectivity index (χ2n) is 3.33. The van der Waals surface area contributed by atoms with Gasteiger partial charge in [0.15, 0.2) is 0 Å². The molecule has 0 aliphatic heterocycles. The monoisotopic (exact) mass is 200 g/mol. The molecule has 76 valence electrons. The fourth-order valence-corrected chi connectivity index (χ4v) is 1.36. The highest BCUT2D eigenvalue weighted by Crippen LogP contribution is 2.18. The zero-order chi connectivity index (χ0) is 10.7. The number of nitrogens with zero attached hydrogens (tertiary/aromatic N) is 1. The Bertz CT molecular complexity index is 434. The van der Waals surface area contributed by atoms with Crippen LogP contribution >= 0.6 is 0 Å². The minimum absolute atomic E-state index is 0.0649. The van der Waals surface area contributed by atoms with Gasteiger partial charge in [0.05, 0.1) is 24.2 Å². The van der Waals surface area contributed by atoms with Crippen LogP contribution in [0.3, 0.4) is 0 Å². The average Bonchev–Trinajstić information content (AvgIpc) is 2.30. The molecule has 3 N–H and O–H groups in total. The summed E-state index contributed by atoms with van der Waals surface area (Å²) >= 11 is 0. The third kappa shape index (κ3) is 2.14. The van der Waals surface area contributed by atoms with Crippen molar-refractivity contribution in [2.75, 3.05) is 5.73 Å². The van der Waals surface area contributed by atoms with E-state index in [1.54, 1.807) is 6.20 Å². The van der Waals surface area contributed by atoms with Crippen molar-refractivity contribution < 1.29 is 5.11 Å². The average molecular weight is 200 g/mol. The smallest absolute Gasteiger partial charge is 0.0703 e. The molecular formula is C12H12N2O. The Kier molecular flexibility index (Phi) is 2.65. The quantitative estimate of drug-likeness (QED) is 0.777. The summed E-state index contributed by atoms with van der Waals surface area (Å²) in [5, 5.41) is 8.90. The lowest BCUT2D eigenvalue weighted by Crippen LogP contribution is -1.88. The Labute approximate surface area is 88.2 Å². The third-order valence-electron chi connectivity index (χ3n) is 2.22. The molecule has 0 spiro atoms. The van der Waals surface area contributed by atoms with Gasteiger partial charge in [-0.15, -0.1) is 0 Å². The molecule has 0 fully saturated rings. The molecule has 15 heavy (non-hydrogen) atoms. The first-order valence-corrected chi connectivity index (χ1v) is 4.71. The summed E-state index contributed by atoms with van der Waals surface area (Å²) in [6.07, 6.45) is 1.63. The number of anilines is 1. The van der Waals surface area contributed by atoms with Gasteiger partial charge in [-0.3, -0.25) is 4.98 Å². The van der Waals surface area contributed by atoms with Crippen LogP contribution in [0.2, 0.25) is 0 Å². The number of aromatic nitrogens is 1. The van der Waals surface area contributed by atoms with E-state index in [2.05, 4.69) is 4.98 Å². The normalized spacial score (nSPS) is 10.2. The lowest BCUT2D eigenvalue weighted by molar-refractivity contribution is 0.282. The van der Waals surface area contributed by atoms with Crippen molar-refractivity contribution in [3.63, 3.8) is 0 Å². The summed E-state index contributed by atoms with van der Waals surface area (Å²) in [6.45, 7) is 0.0649. The molecular weight excluding hydrogens is 188 g/mol. The molecule has 1 aromatic heterocycles. The molecule has 0 amide bonds. The van der Waals surface area contributed by atoms with Gasteiger partial charge in [-0.05, 0) is 17.7 Å². The number of pyridine rings is 1. The van der Waals surface area contributed by atoms with Crippen LogP contribution in [0.15, 0.2) is 42.6 Å². The van der Waals surface area contributed by atoms with Crippen LogP contribution < -0.4 is 5.73 Å². The molecule has 1 aromatic carbocycles. The molecule has 0 aliphatic carbocycles. The molecule has 3 heteroatoms. The number of hydrogen-bond acceptors (Lipinski definition) is 3. The number of rotatable bonds is 2. The molecule has 0 saturated carbocycles. The largest absolute Gasteiger partial charge is 0.397 e. The van der Waals surface area contributed by atoms with Crippen LogP contribution in [0.4, 0.5) is 5.69 Å². The second kappa shape index (κ2) is 4.11. The highest BCUT2D eigenvalue weighted by molar-refractivity contribution is 5.60. The molecule has 2 rings (SSSR count). The third-order valence-corrected chi connectivity index (χ3v) is 2.22. The summed E-state index contributed by atoms with van der Waals surface area (Å²) in [6, 6.07) is 11.3. The summed E-state index contributed by atoms with van der Waals surface area (Å²) < 4.78 is 0. The molecule has 2 aromatic rings. The Morgan fingerprint density at radius 1 is 1.07 bits per heavy atom. The van der Waals surface area contributed by atoms with E-state index in [0.717, 1.165) is 16.8 Å². The second-order valence-corrected chi connectivity index (χ2v) is 3.33. The van der Waals surface area contributed by atoms with E-state index in [4.69, 9.17) is 10.8 Å². The van der Waals surface area contributed by atoms with Gasteiger partial charge in [-0.1, -0.05) is 24.3 Å². The Morgan fingerprint density at radius 2 is 1.80 bits per heavy atom. The molecule has 0 radical (unpaired) electrons. The maximum Gasteiger partial charge on any atom is 0.0703 e. The molecule has 0 atom stereocenters. The Balaban J connectivity index is 2.33. The fourth-order valence-electron chi connectivity index (χ4n) is 1.36. The zero-order valence-electron chi connectivity index (χ0n) is 8.22. The molecule has 0 unspecified atom stereocenters. The molecule has 3 nitrogen and oxygen atoms in total. The van der Waals surface area contributed by atoms with E-state index >= 15 is 0 Å². The lowest BCUT2D eigenvalue weighted by Gasteiger charge is -2.02. The van der Waals surface area contributed by atoms with Crippen molar-refractivity contribution >= 4 is 5.69 Å². The highest BCUT2D eigenvalue weighted by Gasteiger charge is 1.98. The van der Waals surface area contributed by atoms with Gasteiger partial charge >= 0.3 is 0 Å². The van der Waals surface area contributed by atoms with Crippen molar-refractivity contribution in [3.05, 3.63) is 48.2 Å². The standard InChI is InChI=1S/C12H12N2O/c13-11-5-6-12(14-7-11)10-3-1-9(8-15)2-4-10/h1-7,15H,8,13H2. The van der Waals surface area contributed by atoms with Gasteiger partial charge < -0.3 is 10.8 Å². The van der Waals surface area contributed by atoms with Gasteiger partial charge in [-0.2, -0.15) is 0 Å². The maximum absolute atomic E-state index is 8.90. The first-order valence-electron chi connectivity index (χ1n) is 4.71. The summed E-state index contributed by atoms with van der Waals surface area (Å²) in [5.41, 5.74) is 9.01. The van der Waals surface area contributed by atoms with Crippen LogP contribution in [-0.2, 0) is 6.61 Å². The summed E-state index contributed by atoms with van der Waals surface area (Å²) in [7, 11) is 0. The number of benzene rings is 1. The highest BCUT2D eigenvalue weighted by atomic mass is 16.3. The zero-order valence-corrected chi connectivity index (χ0v) is 8.22. The Morgan fingerprint density at radius 3 is 2.33 bits per heavy atom. The topological polar surface area (TPSA) is 59.1 Å². The first kappa shape index (κ1) is 9.68. The molecule has 0 aliphatic rings. The predicted octanol–water partition coefficient (Wildman–Crippen LogP) is 1.82. The van der Waals surface area contributed by atoms with Gasteiger partial charge in [0, 0.05) is 5.56 Å². The van der Waals surface area contributed by atoms with Crippen molar-refractivity contribution in [3.8, 4) is 11.3 Å². The number of aliphatic hydroxyl groups is 1. The van der Waals surface area contributed by atoms with Gasteiger partial charge in [0.1, 0.15) is 0 Å². The van der Waals surface area contributed by atoms with Gasteiger partial charge in [0.2, 0.25) is 0 Å². The van der Waals surface area contributed by atoms with Crippen LogP contribution in [0, 0.1) is 0 Å². The van der Waals surface area contributed by atoms with Crippen LogP contribution in [0.1, 0.15) is 5.56 Å². The molecule has 0 bridgehead atoms. The van der Waals surface area contributed by atoms with E-state index in [-0.39, 0.29) is 6.61 Å². The first-order chi connectivity index (χ1) is 7.29. The summed E-state index contributed by atoms with van der Waals surface area (Å²) in [4.78, 5) is 4.22. The van der Waals surface area contributed by atoms with Crippen LogP contribution in [0.25, 0.3) is 11.3 Å². The van der Waals surface area contributed by atoms with E-state index in [1.165, 1.54) is 0 Å². The minimum Gasteiger partial charge on any atom is -0.397 e. The minimum atomic E-state index is 0.0649. The van der Waals surface area contributed by atoms with E-state index in [9.17, 15) is 0 Å². The lowest BCUT2D eigenvalue weighted by atomic mass is 10.1. The fraction of sp³-hybridized carbons (Fsp3) is 0.0833. The van der Waals surface area contributed by atoms with Crippen molar-refractivity contribution in [2.45, 2.75) is 6.61 Å². The molecule has 0 saturated heterocycles.